The van der Waals surface area contributed by atoms with Gasteiger partial charge in [-0.1, -0.05) is 6.07 Å². The van der Waals surface area contributed by atoms with Crippen LogP contribution in [0.15, 0.2) is 35.1 Å². The van der Waals surface area contributed by atoms with Gasteiger partial charge in [-0.2, -0.15) is 0 Å². The van der Waals surface area contributed by atoms with E-state index >= 15 is 0 Å². The maximum Gasteiger partial charge on any atom is 0.197 e. The lowest BCUT2D eigenvalue weighted by atomic mass is 10.0. The fourth-order valence-electron chi connectivity index (χ4n) is 3.00. The van der Waals surface area contributed by atoms with Crippen LogP contribution in [-0.4, -0.2) is 14.5 Å². The average Bonchev–Trinajstić information content (AvgIpc) is 2.74. The molecule has 0 saturated carbocycles. The Hall–Kier alpha value is -2.62. The van der Waals surface area contributed by atoms with E-state index in [0.29, 0.717) is 10.8 Å². The number of phenols is 1. The van der Waals surface area contributed by atoms with Gasteiger partial charge in [0, 0.05) is 0 Å². The van der Waals surface area contributed by atoms with Crippen molar-refractivity contribution in [3.8, 4) is 5.75 Å². The fraction of sp³-hybridized carbons (Fsp3) is 0.125. The van der Waals surface area contributed by atoms with Crippen LogP contribution in [0.1, 0.15) is 11.4 Å². The summed E-state index contributed by atoms with van der Waals surface area (Å²) in [6.07, 6.45) is 0. The maximum atomic E-state index is 12.7. The molecule has 0 radical (unpaired) electrons. The van der Waals surface area contributed by atoms with Crippen LogP contribution in [-0.2, 0) is 0 Å². The summed E-state index contributed by atoms with van der Waals surface area (Å²) in [4.78, 5) is 17.3. The Balaban J connectivity index is 2.50. The van der Waals surface area contributed by atoms with Crippen molar-refractivity contribution in [3.05, 3.63) is 51.9 Å². The molecule has 0 aliphatic carbocycles. The third kappa shape index (κ3) is 1.20. The van der Waals surface area contributed by atoms with E-state index in [-0.39, 0.29) is 11.2 Å². The second-order valence-corrected chi connectivity index (χ2v) is 5.15. The van der Waals surface area contributed by atoms with Gasteiger partial charge in [0.25, 0.3) is 0 Å². The maximum absolute atomic E-state index is 12.7. The zero-order valence-corrected chi connectivity index (χ0v) is 11.1. The molecule has 0 fully saturated rings. The van der Waals surface area contributed by atoms with Crippen molar-refractivity contribution < 1.29 is 5.11 Å². The Bertz CT molecular complexity index is 1050. The third-order valence-electron chi connectivity index (χ3n) is 3.89. The first-order chi connectivity index (χ1) is 9.58. The Morgan fingerprint density at radius 3 is 2.75 bits per heavy atom. The molecule has 0 atom stereocenters. The zero-order valence-electron chi connectivity index (χ0n) is 11.1. The Kier molecular flexibility index (Phi) is 1.95. The molecule has 2 heterocycles. The summed E-state index contributed by atoms with van der Waals surface area (Å²) in [6, 6.07) is 8.74. The zero-order chi connectivity index (χ0) is 14.0. The highest BCUT2D eigenvalue weighted by Crippen LogP contribution is 2.28. The number of hydrogen-bond acceptors (Lipinski definition) is 3. The Morgan fingerprint density at radius 1 is 1.15 bits per heavy atom. The van der Waals surface area contributed by atoms with E-state index in [9.17, 15) is 9.90 Å². The van der Waals surface area contributed by atoms with Gasteiger partial charge >= 0.3 is 0 Å². The van der Waals surface area contributed by atoms with Crippen LogP contribution in [0, 0.1) is 13.8 Å². The van der Waals surface area contributed by atoms with Gasteiger partial charge in [0.1, 0.15) is 11.6 Å². The number of pyridine rings is 1. The number of phenolic OH excluding ortho intramolecular Hbond substituents is 1. The molecule has 0 unspecified atom stereocenters. The number of rotatable bonds is 0. The smallest absolute Gasteiger partial charge is 0.197 e. The molecular formula is C16H12N2O2. The van der Waals surface area contributed by atoms with E-state index in [4.69, 9.17) is 0 Å². The van der Waals surface area contributed by atoms with Gasteiger partial charge in [-0.15, -0.1) is 0 Å². The predicted octanol–water partition coefficient (Wildman–Crippen LogP) is 2.76. The van der Waals surface area contributed by atoms with Gasteiger partial charge in [-0.05, 0) is 43.7 Å². The second-order valence-electron chi connectivity index (χ2n) is 5.15. The Morgan fingerprint density at radius 2 is 1.95 bits per heavy atom. The highest BCUT2D eigenvalue weighted by molar-refractivity contribution is 6.03. The van der Waals surface area contributed by atoms with E-state index < -0.39 is 0 Å². The van der Waals surface area contributed by atoms with Crippen molar-refractivity contribution >= 4 is 27.3 Å². The molecule has 0 amide bonds. The molecule has 0 aliphatic heterocycles. The fourth-order valence-corrected chi connectivity index (χ4v) is 3.00. The van der Waals surface area contributed by atoms with Crippen molar-refractivity contribution in [2.45, 2.75) is 13.8 Å². The number of aromatic hydroxyl groups is 1. The van der Waals surface area contributed by atoms with Crippen LogP contribution in [0.5, 0.6) is 5.75 Å². The van der Waals surface area contributed by atoms with Crippen molar-refractivity contribution in [1.82, 2.24) is 9.38 Å². The lowest BCUT2D eigenvalue weighted by Crippen LogP contribution is -2.08. The first-order valence-corrected chi connectivity index (χ1v) is 6.44. The molecule has 4 aromatic rings. The van der Waals surface area contributed by atoms with Crippen LogP contribution in [0.4, 0.5) is 0 Å². The molecule has 2 aromatic carbocycles. The molecule has 0 bridgehead atoms. The summed E-state index contributed by atoms with van der Waals surface area (Å²) >= 11 is 0. The van der Waals surface area contributed by atoms with Gasteiger partial charge in [-0.3, -0.25) is 9.20 Å². The third-order valence-corrected chi connectivity index (χ3v) is 3.89. The topological polar surface area (TPSA) is 54.6 Å². The van der Waals surface area contributed by atoms with Gasteiger partial charge in [0.15, 0.2) is 5.43 Å². The molecule has 4 nitrogen and oxygen atoms in total. The first-order valence-electron chi connectivity index (χ1n) is 6.44. The van der Waals surface area contributed by atoms with E-state index in [1.54, 1.807) is 12.1 Å². The van der Waals surface area contributed by atoms with Crippen molar-refractivity contribution in [3.63, 3.8) is 0 Å². The molecule has 4 heteroatoms. The summed E-state index contributed by atoms with van der Waals surface area (Å²) in [7, 11) is 0. The molecular weight excluding hydrogens is 252 g/mol. The van der Waals surface area contributed by atoms with Gasteiger partial charge < -0.3 is 5.11 Å². The minimum atomic E-state index is -0.0496. The SMILES string of the molecule is Cc1ccc2nc(C)n3c4ccc(O)cc4c(=O)c1c23. The first kappa shape index (κ1) is 11.2. The molecule has 4 rings (SSSR count). The van der Waals surface area contributed by atoms with Crippen LogP contribution in [0.2, 0.25) is 0 Å². The Labute approximate surface area is 114 Å². The number of nitrogens with zero attached hydrogens (tertiary/aromatic N) is 2. The van der Waals surface area contributed by atoms with Gasteiger partial charge in [0.2, 0.25) is 0 Å². The summed E-state index contributed by atoms with van der Waals surface area (Å²) in [6.45, 7) is 3.85. The van der Waals surface area contributed by atoms with Crippen LogP contribution < -0.4 is 5.43 Å². The molecule has 0 aliphatic rings. The van der Waals surface area contributed by atoms with Gasteiger partial charge in [0.05, 0.1) is 27.3 Å². The number of hydrogen-bond donors (Lipinski definition) is 1. The minimum absolute atomic E-state index is 0.0496. The standard InChI is InChI=1S/C16H12N2O2/c1-8-3-5-12-15-14(8)16(20)11-7-10(19)4-6-13(11)18(15)9(2)17-12/h3-7,19H,1-2H3. The number of fused-ring (bicyclic) bond motifs is 2. The summed E-state index contributed by atoms with van der Waals surface area (Å²) in [5, 5.41) is 10.9. The summed E-state index contributed by atoms with van der Waals surface area (Å²) in [5.41, 5.74) is 3.36. The molecule has 1 N–H and O–H groups in total. The number of aromatic nitrogens is 2. The molecule has 98 valence electrons. The minimum Gasteiger partial charge on any atom is -0.508 e. The van der Waals surface area contributed by atoms with E-state index in [1.807, 2.05) is 30.4 Å². The van der Waals surface area contributed by atoms with E-state index in [1.165, 1.54) is 6.07 Å². The lowest BCUT2D eigenvalue weighted by molar-refractivity contribution is 0.476. The average molecular weight is 264 g/mol. The van der Waals surface area contributed by atoms with Crippen molar-refractivity contribution in [2.75, 3.05) is 0 Å². The van der Waals surface area contributed by atoms with Gasteiger partial charge in [-0.25, -0.2) is 4.98 Å². The number of benzene rings is 2. The van der Waals surface area contributed by atoms with Crippen molar-refractivity contribution in [2.24, 2.45) is 0 Å². The highest BCUT2D eigenvalue weighted by Gasteiger charge is 2.17. The summed E-state index contributed by atoms with van der Waals surface area (Å²) in [5.74, 6) is 0.939. The molecule has 0 spiro atoms. The van der Waals surface area contributed by atoms with E-state index in [2.05, 4.69) is 4.98 Å². The van der Waals surface area contributed by atoms with Crippen LogP contribution in [0.3, 0.4) is 0 Å². The normalized spacial score (nSPS) is 11.9. The molecule has 2 aromatic heterocycles. The number of imidazole rings is 1. The quantitative estimate of drug-likeness (QED) is 0.497. The summed E-state index contributed by atoms with van der Waals surface area (Å²) < 4.78 is 1.99. The van der Waals surface area contributed by atoms with Crippen molar-refractivity contribution in [1.29, 1.82) is 0 Å². The lowest BCUT2D eigenvalue weighted by Gasteiger charge is -2.08. The van der Waals surface area contributed by atoms with Crippen LogP contribution >= 0.6 is 0 Å². The largest absolute Gasteiger partial charge is 0.508 e. The van der Waals surface area contributed by atoms with Crippen LogP contribution in [0.25, 0.3) is 27.3 Å². The monoisotopic (exact) mass is 264 g/mol. The highest BCUT2D eigenvalue weighted by atomic mass is 16.3. The predicted molar refractivity (Wildman–Crippen MR) is 78.8 cm³/mol. The number of aryl methyl sites for hydroxylation is 2. The van der Waals surface area contributed by atoms with E-state index in [0.717, 1.165) is 27.9 Å². The second kappa shape index (κ2) is 3.48. The molecule has 0 saturated heterocycles. The molecule has 20 heavy (non-hydrogen) atoms.